The van der Waals surface area contributed by atoms with Gasteiger partial charge >= 0.3 is 5.97 Å². The van der Waals surface area contributed by atoms with Crippen molar-refractivity contribution in [1.82, 2.24) is 10.2 Å². The van der Waals surface area contributed by atoms with Crippen LogP contribution in [-0.4, -0.2) is 61.8 Å². The number of esters is 1. The summed E-state index contributed by atoms with van der Waals surface area (Å²) in [5.74, 6) is 0.510. The summed E-state index contributed by atoms with van der Waals surface area (Å²) in [5.41, 5.74) is 0.819. The molecule has 0 saturated carbocycles. The van der Waals surface area contributed by atoms with Crippen LogP contribution in [0, 0.1) is 0 Å². The number of nitrogens with one attached hydrogen (secondary N) is 1. The summed E-state index contributed by atoms with van der Waals surface area (Å²) >= 11 is 0. The molecule has 2 aliphatic rings. The second-order valence-electron chi connectivity index (χ2n) is 8.74. The Labute approximate surface area is 195 Å². The van der Waals surface area contributed by atoms with E-state index in [-0.39, 0.29) is 24.0 Å². The molecule has 176 valence electrons. The van der Waals surface area contributed by atoms with E-state index in [0.717, 1.165) is 24.3 Å². The number of methoxy groups -OCH3 is 1. The van der Waals surface area contributed by atoms with Crippen molar-refractivity contribution >= 4 is 11.9 Å². The highest BCUT2D eigenvalue weighted by Crippen LogP contribution is 2.33. The third-order valence-corrected chi connectivity index (χ3v) is 6.72. The van der Waals surface area contributed by atoms with E-state index in [9.17, 15) is 9.59 Å². The van der Waals surface area contributed by atoms with Crippen LogP contribution in [0.2, 0.25) is 0 Å². The molecule has 2 aliphatic heterocycles. The van der Waals surface area contributed by atoms with Gasteiger partial charge in [-0.3, -0.25) is 9.69 Å². The number of hydrogen-bond acceptors (Lipinski definition) is 6. The van der Waals surface area contributed by atoms with E-state index in [1.807, 2.05) is 49.4 Å². The lowest BCUT2D eigenvalue weighted by atomic mass is 9.86. The molecule has 2 fully saturated rings. The van der Waals surface area contributed by atoms with Gasteiger partial charge in [0.1, 0.15) is 17.4 Å². The van der Waals surface area contributed by atoms with Gasteiger partial charge in [0.25, 0.3) is 0 Å². The van der Waals surface area contributed by atoms with Crippen molar-refractivity contribution in [2.75, 3.05) is 33.4 Å². The number of carbonyl (C=O) groups is 2. The molecule has 7 heteroatoms. The first-order valence-electron chi connectivity index (χ1n) is 11.6. The van der Waals surface area contributed by atoms with E-state index in [2.05, 4.69) is 10.2 Å². The summed E-state index contributed by atoms with van der Waals surface area (Å²) in [6.45, 7) is 4.62. The molecule has 2 aromatic rings. The van der Waals surface area contributed by atoms with E-state index < -0.39 is 5.54 Å². The van der Waals surface area contributed by atoms with Crippen molar-refractivity contribution in [3.8, 4) is 5.75 Å². The molecule has 0 aliphatic carbocycles. The van der Waals surface area contributed by atoms with Crippen molar-refractivity contribution in [3.63, 3.8) is 0 Å². The Morgan fingerprint density at radius 1 is 1.09 bits per heavy atom. The molecular weight excluding hydrogens is 420 g/mol. The van der Waals surface area contributed by atoms with Crippen LogP contribution in [0.5, 0.6) is 5.75 Å². The van der Waals surface area contributed by atoms with Gasteiger partial charge in [-0.05, 0) is 56.0 Å². The quantitative estimate of drug-likeness (QED) is 0.650. The number of para-hydroxylation sites is 1. The van der Waals surface area contributed by atoms with Gasteiger partial charge in [-0.15, -0.1) is 0 Å². The lowest BCUT2D eigenvalue weighted by Gasteiger charge is -2.43. The SMILES string of the molecule is COC(=O)c1ccc(C(C)NC(=O)C2(N3CC[C@@H](Oc4ccccc4)C3)CCOCC2)cc1. The lowest BCUT2D eigenvalue weighted by Crippen LogP contribution is -2.61. The monoisotopic (exact) mass is 452 g/mol. The number of nitrogens with zero attached hydrogens (tertiary/aromatic N) is 1. The molecule has 2 heterocycles. The molecule has 2 saturated heterocycles. The van der Waals surface area contributed by atoms with Gasteiger partial charge in [0.15, 0.2) is 0 Å². The van der Waals surface area contributed by atoms with Crippen LogP contribution in [0.4, 0.5) is 0 Å². The largest absolute Gasteiger partial charge is 0.489 e. The number of ether oxygens (including phenoxy) is 3. The number of likely N-dealkylation sites (tertiary alicyclic amines) is 1. The van der Waals surface area contributed by atoms with Crippen LogP contribution in [0.1, 0.15) is 48.1 Å². The standard InChI is InChI=1S/C26H32N2O5/c1-19(20-8-10-21(11-9-20)24(29)31-2)27-25(30)26(13-16-32-17-14-26)28-15-12-23(18-28)33-22-6-4-3-5-7-22/h3-11,19,23H,12-18H2,1-2H3,(H,27,30)/t19?,23-/m1/s1. The zero-order valence-electron chi connectivity index (χ0n) is 19.3. The minimum absolute atomic E-state index is 0.0238. The lowest BCUT2D eigenvalue weighted by molar-refractivity contribution is -0.140. The molecule has 0 spiro atoms. The fraction of sp³-hybridized carbons (Fsp3) is 0.462. The van der Waals surface area contributed by atoms with Crippen molar-refractivity contribution in [2.24, 2.45) is 0 Å². The van der Waals surface area contributed by atoms with Gasteiger partial charge < -0.3 is 19.5 Å². The van der Waals surface area contributed by atoms with E-state index in [1.165, 1.54) is 7.11 Å². The molecule has 0 radical (unpaired) electrons. The Balaban J connectivity index is 1.44. The minimum atomic E-state index is -0.604. The summed E-state index contributed by atoms with van der Waals surface area (Å²) < 4.78 is 16.5. The number of rotatable bonds is 7. The van der Waals surface area contributed by atoms with Gasteiger partial charge in [0.2, 0.25) is 5.91 Å². The van der Waals surface area contributed by atoms with Gasteiger partial charge in [-0.1, -0.05) is 30.3 Å². The van der Waals surface area contributed by atoms with Crippen molar-refractivity contribution in [3.05, 3.63) is 65.7 Å². The highest BCUT2D eigenvalue weighted by Gasteiger charge is 2.48. The average molecular weight is 453 g/mol. The zero-order chi connectivity index (χ0) is 23.3. The highest BCUT2D eigenvalue weighted by atomic mass is 16.5. The number of amides is 1. The summed E-state index contributed by atoms with van der Waals surface area (Å²) in [6, 6.07) is 16.8. The fourth-order valence-electron chi connectivity index (χ4n) is 4.74. The Morgan fingerprint density at radius 2 is 1.79 bits per heavy atom. The summed E-state index contributed by atoms with van der Waals surface area (Å²) in [5, 5.41) is 3.22. The third-order valence-electron chi connectivity index (χ3n) is 6.72. The average Bonchev–Trinajstić information content (AvgIpc) is 3.33. The van der Waals surface area contributed by atoms with E-state index in [4.69, 9.17) is 14.2 Å². The predicted octanol–water partition coefficient (Wildman–Crippen LogP) is 3.35. The first-order chi connectivity index (χ1) is 16.0. The van der Waals surface area contributed by atoms with Crippen LogP contribution in [-0.2, 0) is 14.3 Å². The topological polar surface area (TPSA) is 77.1 Å². The third kappa shape index (κ3) is 5.20. The van der Waals surface area contributed by atoms with E-state index in [0.29, 0.717) is 38.2 Å². The summed E-state index contributed by atoms with van der Waals surface area (Å²) in [4.78, 5) is 27.6. The first-order valence-corrected chi connectivity index (χ1v) is 11.6. The first kappa shape index (κ1) is 23.3. The van der Waals surface area contributed by atoms with Crippen LogP contribution >= 0.6 is 0 Å². The Hall–Kier alpha value is -2.90. The Kier molecular flexibility index (Phi) is 7.30. The minimum Gasteiger partial charge on any atom is -0.489 e. The molecule has 1 unspecified atom stereocenters. The van der Waals surface area contributed by atoms with Crippen molar-refractivity contribution in [1.29, 1.82) is 0 Å². The van der Waals surface area contributed by atoms with Crippen LogP contribution in [0.25, 0.3) is 0 Å². The Morgan fingerprint density at radius 3 is 2.45 bits per heavy atom. The van der Waals surface area contributed by atoms with E-state index in [1.54, 1.807) is 12.1 Å². The van der Waals surface area contributed by atoms with Gasteiger partial charge in [0, 0.05) is 26.3 Å². The van der Waals surface area contributed by atoms with Crippen LogP contribution in [0.3, 0.4) is 0 Å². The number of benzene rings is 2. The molecule has 1 amide bonds. The normalized spacial score (nSPS) is 21.2. The highest BCUT2D eigenvalue weighted by molar-refractivity contribution is 5.89. The number of carbonyl (C=O) groups excluding carboxylic acids is 2. The molecule has 7 nitrogen and oxygen atoms in total. The second-order valence-corrected chi connectivity index (χ2v) is 8.74. The van der Waals surface area contributed by atoms with Gasteiger partial charge in [-0.2, -0.15) is 0 Å². The molecule has 2 aromatic carbocycles. The number of hydrogen-bond donors (Lipinski definition) is 1. The molecule has 0 bridgehead atoms. The molecule has 2 atom stereocenters. The summed E-state index contributed by atoms with van der Waals surface area (Å²) in [7, 11) is 1.36. The fourth-order valence-corrected chi connectivity index (χ4v) is 4.74. The predicted molar refractivity (Wildman–Crippen MR) is 124 cm³/mol. The smallest absolute Gasteiger partial charge is 0.337 e. The van der Waals surface area contributed by atoms with Gasteiger partial charge in [-0.25, -0.2) is 4.79 Å². The molecule has 1 N–H and O–H groups in total. The maximum atomic E-state index is 13.7. The van der Waals surface area contributed by atoms with Crippen LogP contribution in [0.15, 0.2) is 54.6 Å². The van der Waals surface area contributed by atoms with Crippen molar-refractivity contribution < 1.29 is 23.8 Å². The molecule has 0 aromatic heterocycles. The van der Waals surface area contributed by atoms with E-state index >= 15 is 0 Å². The maximum absolute atomic E-state index is 13.7. The zero-order valence-corrected chi connectivity index (χ0v) is 19.3. The van der Waals surface area contributed by atoms with Gasteiger partial charge in [0.05, 0.1) is 18.7 Å². The molecular formula is C26H32N2O5. The second kappa shape index (κ2) is 10.4. The van der Waals surface area contributed by atoms with Crippen molar-refractivity contribution in [2.45, 2.75) is 43.9 Å². The summed E-state index contributed by atoms with van der Waals surface area (Å²) in [6.07, 6.45) is 2.26. The molecule has 4 rings (SSSR count). The maximum Gasteiger partial charge on any atom is 0.337 e. The Bertz CT molecular complexity index is 941. The van der Waals surface area contributed by atoms with Crippen LogP contribution < -0.4 is 10.1 Å². The molecule has 33 heavy (non-hydrogen) atoms.